The minimum absolute atomic E-state index is 0.209. The molecule has 0 aliphatic carbocycles. The number of aromatic nitrogens is 1. The zero-order valence-corrected chi connectivity index (χ0v) is 11.1. The van der Waals surface area contributed by atoms with Gasteiger partial charge in [-0.25, -0.2) is 14.6 Å². The molecule has 0 aliphatic rings. The lowest BCUT2D eigenvalue weighted by molar-refractivity contribution is -0.186. The summed E-state index contributed by atoms with van der Waals surface area (Å²) in [6, 6.07) is 2.84. The Bertz CT molecular complexity index is 457. The molecule has 1 aromatic heterocycles. The fourth-order valence-corrected chi connectivity index (χ4v) is 1.63. The molecule has 0 N–H and O–H groups in total. The zero-order valence-electron chi connectivity index (χ0n) is 11.1. The predicted molar refractivity (Wildman–Crippen MR) is 63.5 cm³/mol. The van der Waals surface area contributed by atoms with Gasteiger partial charge in [0.15, 0.2) is 0 Å². The zero-order chi connectivity index (χ0) is 14.5. The number of carbonyl (C=O) groups is 2. The van der Waals surface area contributed by atoms with E-state index in [9.17, 15) is 9.59 Å². The third kappa shape index (κ3) is 2.50. The molecule has 7 nitrogen and oxygen atoms in total. The van der Waals surface area contributed by atoms with Gasteiger partial charge in [-0.3, -0.25) is 0 Å². The first-order chi connectivity index (χ1) is 9.06. The van der Waals surface area contributed by atoms with Crippen LogP contribution in [0.2, 0.25) is 0 Å². The fraction of sp³-hybridized carbons (Fsp3) is 0.417. The number of rotatable bonds is 5. The number of nitrogens with zero attached hydrogens (tertiary/aromatic N) is 1. The lowest BCUT2D eigenvalue weighted by Crippen LogP contribution is -2.47. The summed E-state index contributed by atoms with van der Waals surface area (Å²) in [5.41, 5.74) is -1.79. The van der Waals surface area contributed by atoms with Crippen molar-refractivity contribution in [2.45, 2.75) is 5.60 Å². The van der Waals surface area contributed by atoms with Gasteiger partial charge < -0.3 is 18.9 Å². The maximum absolute atomic E-state index is 12.0. The molecule has 0 aliphatic heterocycles. The largest absolute Gasteiger partial charge is 0.481 e. The van der Waals surface area contributed by atoms with Gasteiger partial charge in [-0.1, -0.05) is 0 Å². The number of methoxy groups -OCH3 is 4. The van der Waals surface area contributed by atoms with Crippen molar-refractivity contribution >= 4 is 11.9 Å². The summed E-state index contributed by atoms with van der Waals surface area (Å²) in [7, 11) is 4.92. The van der Waals surface area contributed by atoms with Gasteiger partial charge in [0, 0.05) is 24.9 Å². The van der Waals surface area contributed by atoms with E-state index in [0.29, 0.717) is 0 Å². The van der Waals surface area contributed by atoms with E-state index in [1.807, 2.05) is 0 Å². The summed E-state index contributed by atoms with van der Waals surface area (Å²) in [6.45, 7) is 0. The van der Waals surface area contributed by atoms with E-state index in [2.05, 4.69) is 14.5 Å². The smallest absolute Gasteiger partial charge is 0.354 e. The van der Waals surface area contributed by atoms with Crippen LogP contribution < -0.4 is 4.74 Å². The van der Waals surface area contributed by atoms with E-state index >= 15 is 0 Å². The van der Waals surface area contributed by atoms with Gasteiger partial charge in [-0.15, -0.1) is 0 Å². The molecule has 0 bridgehead atoms. The highest BCUT2D eigenvalue weighted by molar-refractivity contribution is 6.04. The first-order valence-electron chi connectivity index (χ1n) is 5.29. The van der Waals surface area contributed by atoms with E-state index < -0.39 is 17.5 Å². The number of hydrogen-bond acceptors (Lipinski definition) is 7. The van der Waals surface area contributed by atoms with Crippen LogP contribution in [0.4, 0.5) is 0 Å². The Balaban J connectivity index is 3.44. The molecule has 1 rings (SSSR count). The molecule has 7 heteroatoms. The maximum Gasteiger partial charge on any atom is 0.354 e. The Morgan fingerprint density at radius 1 is 1.11 bits per heavy atom. The van der Waals surface area contributed by atoms with Gasteiger partial charge in [0.25, 0.3) is 5.60 Å². The second kappa shape index (κ2) is 6.14. The van der Waals surface area contributed by atoms with Crippen molar-refractivity contribution < 1.29 is 28.5 Å². The number of ether oxygens (including phenoxy) is 4. The summed E-state index contributed by atoms with van der Waals surface area (Å²) >= 11 is 0. The van der Waals surface area contributed by atoms with Gasteiger partial charge in [0.1, 0.15) is 0 Å². The molecule has 104 valence electrons. The second-order valence-corrected chi connectivity index (χ2v) is 3.46. The molecular weight excluding hydrogens is 254 g/mol. The highest BCUT2D eigenvalue weighted by atomic mass is 16.6. The number of hydrogen-bond donors (Lipinski definition) is 0. The standard InChI is InChI=1S/C12H15NO6/c1-16-9-7-8(5-6-13-9)12(19-4,10(14)17-2)11(15)18-3/h5-7H,1-4H3. The SMILES string of the molecule is COC(=O)C(OC)(C(=O)OC)c1ccnc(OC)c1. The third-order valence-electron chi connectivity index (χ3n) is 2.60. The van der Waals surface area contributed by atoms with Crippen LogP contribution in [0.3, 0.4) is 0 Å². The Morgan fingerprint density at radius 2 is 1.68 bits per heavy atom. The van der Waals surface area contributed by atoms with Crippen LogP contribution in [0.5, 0.6) is 5.88 Å². The summed E-state index contributed by atoms with van der Waals surface area (Å²) in [5, 5.41) is 0. The highest BCUT2D eigenvalue weighted by Crippen LogP contribution is 2.30. The number of esters is 2. The molecule has 1 aromatic rings. The average Bonchev–Trinajstić information content (AvgIpc) is 2.48. The van der Waals surface area contributed by atoms with Crippen molar-refractivity contribution in [3.05, 3.63) is 23.9 Å². The molecule has 0 saturated carbocycles. The molecular formula is C12H15NO6. The van der Waals surface area contributed by atoms with Crippen LogP contribution >= 0.6 is 0 Å². The molecule has 0 radical (unpaired) electrons. The van der Waals surface area contributed by atoms with Crippen LogP contribution in [0, 0.1) is 0 Å². The quantitative estimate of drug-likeness (QED) is 0.560. The first kappa shape index (κ1) is 14.9. The number of pyridine rings is 1. The Morgan fingerprint density at radius 3 is 2.11 bits per heavy atom. The fourth-order valence-electron chi connectivity index (χ4n) is 1.63. The summed E-state index contributed by atoms with van der Waals surface area (Å²) in [6.07, 6.45) is 1.38. The molecule has 0 saturated heterocycles. The monoisotopic (exact) mass is 269 g/mol. The van der Waals surface area contributed by atoms with Crippen molar-refractivity contribution in [1.29, 1.82) is 0 Å². The van der Waals surface area contributed by atoms with E-state index in [1.165, 1.54) is 32.5 Å². The summed E-state index contributed by atoms with van der Waals surface area (Å²) in [4.78, 5) is 27.8. The molecule has 0 spiro atoms. The van der Waals surface area contributed by atoms with Gasteiger partial charge >= 0.3 is 11.9 Å². The molecule has 0 amide bonds. The minimum Gasteiger partial charge on any atom is -0.481 e. The van der Waals surface area contributed by atoms with Crippen molar-refractivity contribution in [3.8, 4) is 5.88 Å². The topological polar surface area (TPSA) is 84.0 Å². The molecule has 0 aromatic carbocycles. The summed E-state index contributed by atoms with van der Waals surface area (Å²) < 4.78 is 19.3. The normalized spacial score (nSPS) is 10.7. The van der Waals surface area contributed by atoms with Crippen LogP contribution in [0.1, 0.15) is 5.56 Å². The van der Waals surface area contributed by atoms with Crippen LogP contribution in [0.15, 0.2) is 18.3 Å². The van der Waals surface area contributed by atoms with Crippen LogP contribution in [-0.4, -0.2) is 45.4 Å². The van der Waals surface area contributed by atoms with Crippen molar-refractivity contribution in [3.63, 3.8) is 0 Å². The van der Waals surface area contributed by atoms with E-state index in [4.69, 9.17) is 9.47 Å². The number of carbonyl (C=O) groups excluding carboxylic acids is 2. The molecule has 0 atom stereocenters. The van der Waals surface area contributed by atoms with Gasteiger partial charge in [0.2, 0.25) is 5.88 Å². The Labute approximate surface area is 110 Å². The predicted octanol–water partition coefficient (Wildman–Crippen LogP) is 0.278. The van der Waals surface area contributed by atoms with E-state index in [-0.39, 0.29) is 11.4 Å². The lowest BCUT2D eigenvalue weighted by Gasteiger charge is -2.26. The summed E-state index contributed by atoms with van der Waals surface area (Å²) in [5.74, 6) is -1.56. The van der Waals surface area contributed by atoms with Gasteiger partial charge in [-0.2, -0.15) is 0 Å². The Kier molecular flexibility index (Phi) is 4.82. The van der Waals surface area contributed by atoms with Crippen molar-refractivity contribution in [1.82, 2.24) is 4.98 Å². The van der Waals surface area contributed by atoms with Crippen LogP contribution in [0.25, 0.3) is 0 Å². The van der Waals surface area contributed by atoms with E-state index in [1.54, 1.807) is 0 Å². The second-order valence-electron chi connectivity index (χ2n) is 3.46. The molecule has 0 unspecified atom stereocenters. The first-order valence-corrected chi connectivity index (χ1v) is 5.29. The van der Waals surface area contributed by atoms with Gasteiger partial charge in [-0.05, 0) is 6.07 Å². The van der Waals surface area contributed by atoms with Gasteiger partial charge in [0.05, 0.1) is 21.3 Å². The molecule has 1 heterocycles. The van der Waals surface area contributed by atoms with Crippen molar-refractivity contribution in [2.24, 2.45) is 0 Å². The maximum atomic E-state index is 12.0. The highest BCUT2D eigenvalue weighted by Gasteiger charge is 2.51. The average molecular weight is 269 g/mol. The lowest BCUT2D eigenvalue weighted by atomic mass is 9.94. The minimum atomic E-state index is -2.00. The van der Waals surface area contributed by atoms with E-state index in [0.717, 1.165) is 14.2 Å². The third-order valence-corrected chi connectivity index (χ3v) is 2.60. The van der Waals surface area contributed by atoms with Crippen molar-refractivity contribution in [2.75, 3.05) is 28.4 Å². The van der Waals surface area contributed by atoms with Crippen LogP contribution in [-0.2, 0) is 29.4 Å². The molecule has 19 heavy (non-hydrogen) atoms. The molecule has 0 fully saturated rings. The Hall–Kier alpha value is -2.15.